The molecule has 1 aromatic heterocycles. The van der Waals surface area contributed by atoms with Crippen LogP contribution in [0.25, 0.3) is 16.6 Å². The monoisotopic (exact) mass is 774 g/mol. The summed E-state index contributed by atoms with van der Waals surface area (Å²) in [6.07, 6.45) is 6.05. The van der Waals surface area contributed by atoms with E-state index in [0.717, 1.165) is 99.7 Å². The zero-order valence-electron chi connectivity index (χ0n) is 32.0. The number of amides is 3. The Morgan fingerprint density at radius 3 is 2.45 bits per heavy atom. The predicted octanol–water partition coefficient (Wildman–Crippen LogP) is 5.44. The van der Waals surface area contributed by atoms with Gasteiger partial charge in [-0.3, -0.25) is 29.1 Å². The fraction of sp³-hybridized carbons (Fsp3) is 0.477. The number of rotatable bonds is 6. The molecule has 1 atom stereocenters. The average molecular weight is 775 g/mol. The number of likely N-dealkylation sites (tertiary alicyclic amines) is 2. The predicted molar refractivity (Wildman–Crippen MR) is 213 cm³/mol. The molecule has 11 nitrogen and oxygen atoms in total. The number of hydrogen-bond acceptors (Lipinski definition) is 8. The molecule has 0 unspecified atom stereocenters. The van der Waals surface area contributed by atoms with Crippen LogP contribution in [-0.4, -0.2) is 93.9 Å². The Labute approximate surface area is 330 Å². The Hall–Kier alpha value is -4.58. The van der Waals surface area contributed by atoms with Crippen LogP contribution in [0.15, 0.2) is 53.3 Å². The minimum atomic E-state index is -0.625. The van der Waals surface area contributed by atoms with Gasteiger partial charge in [-0.05, 0) is 133 Å². The third-order valence-electron chi connectivity index (χ3n) is 13.9. The number of carbonyl (C=O) groups excluding carboxylic acids is 3. The van der Waals surface area contributed by atoms with E-state index < -0.39 is 11.5 Å². The molecule has 0 bridgehead atoms. The Bertz CT molecular complexity index is 2390. The van der Waals surface area contributed by atoms with Gasteiger partial charge in [0.15, 0.2) is 0 Å². The number of benzene rings is 3. The molecule has 3 saturated heterocycles. The summed E-state index contributed by atoms with van der Waals surface area (Å²) in [5, 5.41) is 3.30. The van der Waals surface area contributed by atoms with Gasteiger partial charge in [-0.15, -0.1) is 0 Å². The molecule has 6 aliphatic rings. The van der Waals surface area contributed by atoms with Gasteiger partial charge in [-0.25, -0.2) is 0 Å². The quantitative estimate of drug-likeness (QED) is 0.258. The summed E-state index contributed by atoms with van der Waals surface area (Å²) in [4.78, 5) is 62.1. The number of ether oxygens (including phenoxy) is 1. The van der Waals surface area contributed by atoms with Crippen molar-refractivity contribution in [2.75, 3.05) is 45.9 Å². The van der Waals surface area contributed by atoms with Crippen molar-refractivity contribution in [1.82, 2.24) is 29.6 Å². The molecule has 12 heteroatoms. The maximum absolute atomic E-state index is 13.4. The van der Waals surface area contributed by atoms with E-state index >= 15 is 0 Å². The first-order valence-corrected chi connectivity index (χ1v) is 20.7. The van der Waals surface area contributed by atoms with Crippen LogP contribution in [0.2, 0.25) is 5.02 Å². The first-order chi connectivity index (χ1) is 27.0. The number of carbonyl (C=O) groups is 3. The molecular weight excluding hydrogens is 728 g/mol. The van der Waals surface area contributed by atoms with E-state index in [4.69, 9.17) is 16.3 Å². The highest BCUT2D eigenvalue weighted by atomic mass is 35.5. The SMILES string of the molecule is CC1(C)c2cc(C3CCN(CCCN4CCC5(CC4)COc4c5ccc5c4CN([C@H]4CCC(=O)NC4=O)C5=O)CC3)ccc2-n2c1nc(=O)c1c(Cl)cccc12. The third-order valence-corrected chi connectivity index (χ3v) is 14.2. The number of nitrogens with one attached hydrogen (secondary N) is 1. The summed E-state index contributed by atoms with van der Waals surface area (Å²) in [6.45, 7) is 11.7. The molecule has 7 heterocycles. The standard InChI is InChI=1S/C44H47ClN6O5/c1-43(2)31-23-27(7-10-33(31)51-34-6-3-5-32(45)37(34)40(54)47-42(43)51)26-13-19-48(20-14-26)17-4-18-49-21-15-44(16-22-49)25-56-38-29-24-50(35-11-12-36(52)46-39(35)53)41(55)28(29)8-9-30(38)44/h3,5-10,23,26,35H,4,11-22,24-25H2,1-2H3,(H,46,52,53)/t35-/m0/s1. The normalized spacial score (nSPS) is 22.9. The van der Waals surface area contributed by atoms with Crippen LogP contribution in [0.5, 0.6) is 5.75 Å². The summed E-state index contributed by atoms with van der Waals surface area (Å²) in [5.41, 5.74) is 6.48. The molecule has 56 heavy (non-hydrogen) atoms. The molecule has 3 amide bonds. The largest absolute Gasteiger partial charge is 0.492 e. The molecule has 10 rings (SSSR count). The van der Waals surface area contributed by atoms with Gasteiger partial charge in [-0.2, -0.15) is 4.98 Å². The highest BCUT2D eigenvalue weighted by molar-refractivity contribution is 6.35. The lowest BCUT2D eigenvalue weighted by Crippen LogP contribution is -2.52. The summed E-state index contributed by atoms with van der Waals surface area (Å²) >= 11 is 6.47. The number of aromatic nitrogens is 2. The number of nitrogens with zero attached hydrogens (tertiary/aromatic N) is 5. The summed E-state index contributed by atoms with van der Waals surface area (Å²) in [7, 11) is 0. The van der Waals surface area contributed by atoms with Crippen LogP contribution >= 0.6 is 11.6 Å². The van der Waals surface area contributed by atoms with E-state index in [2.05, 4.69) is 62.8 Å². The summed E-state index contributed by atoms with van der Waals surface area (Å²) in [6, 6.07) is 15.9. The van der Waals surface area contributed by atoms with Gasteiger partial charge in [0.05, 0.1) is 40.2 Å². The molecular formula is C44H47ClN6O5. The van der Waals surface area contributed by atoms with Crippen molar-refractivity contribution in [3.05, 3.63) is 97.5 Å². The van der Waals surface area contributed by atoms with Crippen molar-refractivity contribution < 1.29 is 19.1 Å². The van der Waals surface area contributed by atoms with Crippen LogP contribution in [0, 0.1) is 0 Å². The van der Waals surface area contributed by atoms with E-state index in [-0.39, 0.29) is 35.1 Å². The highest BCUT2D eigenvalue weighted by Crippen LogP contribution is 2.50. The summed E-state index contributed by atoms with van der Waals surface area (Å²) < 4.78 is 8.52. The fourth-order valence-electron chi connectivity index (χ4n) is 10.6. The lowest BCUT2D eigenvalue weighted by molar-refractivity contribution is -0.136. The van der Waals surface area contributed by atoms with Gasteiger partial charge >= 0.3 is 0 Å². The average Bonchev–Trinajstić information content (AvgIpc) is 3.79. The van der Waals surface area contributed by atoms with Gasteiger partial charge < -0.3 is 19.4 Å². The fourth-order valence-corrected chi connectivity index (χ4v) is 10.9. The number of imide groups is 1. The van der Waals surface area contributed by atoms with E-state index in [1.54, 1.807) is 11.0 Å². The van der Waals surface area contributed by atoms with Gasteiger partial charge in [-0.1, -0.05) is 35.9 Å². The van der Waals surface area contributed by atoms with E-state index in [1.165, 1.54) is 16.7 Å². The second-order valence-electron chi connectivity index (χ2n) is 17.4. The number of hydrogen-bond donors (Lipinski definition) is 1. The first kappa shape index (κ1) is 35.8. The van der Waals surface area contributed by atoms with Crippen molar-refractivity contribution in [3.63, 3.8) is 0 Å². The molecule has 3 aromatic carbocycles. The zero-order valence-corrected chi connectivity index (χ0v) is 32.8. The van der Waals surface area contributed by atoms with E-state index in [1.807, 2.05) is 18.2 Å². The highest BCUT2D eigenvalue weighted by Gasteiger charge is 2.48. The Morgan fingerprint density at radius 1 is 0.911 bits per heavy atom. The maximum Gasteiger partial charge on any atom is 0.282 e. The minimum absolute atomic E-state index is 0.0426. The molecule has 0 aliphatic carbocycles. The molecule has 0 radical (unpaired) electrons. The molecule has 1 N–H and O–H groups in total. The second-order valence-corrected chi connectivity index (χ2v) is 17.8. The first-order valence-electron chi connectivity index (χ1n) is 20.3. The van der Waals surface area contributed by atoms with Gasteiger partial charge in [0.2, 0.25) is 11.8 Å². The maximum atomic E-state index is 13.4. The lowest BCUT2D eigenvalue weighted by atomic mass is 9.74. The van der Waals surface area contributed by atoms with Gasteiger partial charge in [0.1, 0.15) is 17.6 Å². The Balaban J connectivity index is 0.730. The van der Waals surface area contributed by atoms with Gasteiger partial charge in [0.25, 0.3) is 11.5 Å². The summed E-state index contributed by atoms with van der Waals surface area (Å²) in [5.74, 6) is 1.29. The van der Waals surface area contributed by atoms with Crippen LogP contribution in [0.4, 0.5) is 0 Å². The lowest BCUT2D eigenvalue weighted by Gasteiger charge is -2.39. The van der Waals surface area contributed by atoms with Crippen molar-refractivity contribution in [2.24, 2.45) is 0 Å². The smallest absolute Gasteiger partial charge is 0.282 e. The second kappa shape index (κ2) is 13.2. The Kier molecular flexibility index (Phi) is 8.47. The third kappa shape index (κ3) is 5.56. The number of halogens is 1. The molecule has 6 aliphatic heterocycles. The number of piperidine rings is 3. The minimum Gasteiger partial charge on any atom is -0.492 e. The molecule has 3 fully saturated rings. The Morgan fingerprint density at radius 2 is 1.68 bits per heavy atom. The van der Waals surface area contributed by atoms with Crippen LogP contribution in [0.3, 0.4) is 0 Å². The molecule has 1 spiro atoms. The van der Waals surface area contributed by atoms with Crippen LogP contribution in [0.1, 0.15) is 103 Å². The molecule has 290 valence electrons. The van der Waals surface area contributed by atoms with E-state index in [9.17, 15) is 19.2 Å². The van der Waals surface area contributed by atoms with Crippen molar-refractivity contribution in [3.8, 4) is 11.4 Å². The van der Waals surface area contributed by atoms with Gasteiger partial charge in [0, 0.05) is 28.5 Å². The van der Waals surface area contributed by atoms with Crippen molar-refractivity contribution >= 4 is 40.2 Å². The molecule has 4 aromatic rings. The zero-order chi connectivity index (χ0) is 38.5. The van der Waals surface area contributed by atoms with Crippen molar-refractivity contribution in [1.29, 1.82) is 0 Å². The molecule has 0 saturated carbocycles. The van der Waals surface area contributed by atoms with Crippen LogP contribution in [-0.2, 0) is 27.0 Å². The van der Waals surface area contributed by atoms with Crippen molar-refractivity contribution in [2.45, 2.75) is 88.1 Å². The topological polar surface area (TPSA) is 117 Å². The van der Waals surface area contributed by atoms with E-state index in [0.29, 0.717) is 41.5 Å². The number of fused-ring (bicyclic) bond motifs is 9. The van der Waals surface area contributed by atoms with Crippen LogP contribution < -0.4 is 15.6 Å².